The molecule has 0 saturated heterocycles. The lowest BCUT2D eigenvalue weighted by Gasteiger charge is -2.17. The number of benzene rings is 3. The molecule has 5 nitrogen and oxygen atoms in total. The van der Waals surface area contributed by atoms with Crippen LogP contribution >= 0.6 is 27.5 Å². The summed E-state index contributed by atoms with van der Waals surface area (Å²) in [6, 6.07) is 19.5. The van der Waals surface area contributed by atoms with Crippen LogP contribution in [0, 0.1) is 0 Å². The van der Waals surface area contributed by atoms with Gasteiger partial charge in [0.2, 0.25) is 0 Å². The van der Waals surface area contributed by atoms with Crippen molar-refractivity contribution in [3.8, 4) is 11.5 Å². The number of nitrogens with zero attached hydrogens (tertiary/aromatic N) is 1. The molecule has 30 heavy (non-hydrogen) atoms. The molecule has 4 rings (SSSR count). The Morgan fingerprint density at radius 1 is 1.03 bits per heavy atom. The number of hydrogen-bond acceptors (Lipinski definition) is 4. The van der Waals surface area contributed by atoms with Crippen molar-refractivity contribution in [2.75, 3.05) is 7.11 Å². The number of nitrogens with one attached hydrogen (secondary N) is 2. The maximum Gasteiger partial charge on any atom is 0.167 e. The summed E-state index contributed by atoms with van der Waals surface area (Å²) < 4.78 is 12.6. The van der Waals surface area contributed by atoms with Crippen LogP contribution in [0.3, 0.4) is 0 Å². The first-order valence-corrected chi connectivity index (χ1v) is 10.7. The van der Waals surface area contributed by atoms with Crippen LogP contribution < -0.4 is 14.8 Å². The molecule has 0 amide bonds. The molecule has 2 N–H and O–H groups in total. The molecular formula is C23H21BrClN3O2. The van der Waals surface area contributed by atoms with E-state index in [0.717, 1.165) is 32.5 Å². The molecule has 0 fully saturated rings. The van der Waals surface area contributed by atoms with E-state index in [1.807, 2.05) is 60.7 Å². The third-order valence-electron chi connectivity index (χ3n) is 4.72. The van der Waals surface area contributed by atoms with Crippen molar-refractivity contribution >= 4 is 38.6 Å². The molecule has 0 aliphatic rings. The normalized spacial score (nSPS) is 11.0. The molecular weight excluding hydrogens is 466 g/mol. The second kappa shape index (κ2) is 9.51. The molecule has 3 aromatic carbocycles. The molecule has 1 heterocycles. The Labute approximate surface area is 188 Å². The van der Waals surface area contributed by atoms with Gasteiger partial charge in [-0.25, -0.2) is 4.98 Å². The predicted molar refractivity (Wildman–Crippen MR) is 123 cm³/mol. The molecule has 0 spiro atoms. The zero-order chi connectivity index (χ0) is 20.9. The van der Waals surface area contributed by atoms with E-state index in [0.29, 0.717) is 36.2 Å². The Balaban J connectivity index is 1.48. The van der Waals surface area contributed by atoms with Gasteiger partial charge in [0.25, 0.3) is 0 Å². The Morgan fingerprint density at radius 3 is 2.60 bits per heavy atom. The van der Waals surface area contributed by atoms with Crippen molar-refractivity contribution in [1.29, 1.82) is 0 Å². The van der Waals surface area contributed by atoms with Gasteiger partial charge in [-0.05, 0) is 42.0 Å². The average Bonchev–Trinajstić information content (AvgIpc) is 3.17. The van der Waals surface area contributed by atoms with Crippen molar-refractivity contribution in [3.63, 3.8) is 0 Å². The summed E-state index contributed by atoms with van der Waals surface area (Å²) in [7, 11) is 1.64. The summed E-state index contributed by atoms with van der Waals surface area (Å²) in [5, 5.41) is 4.14. The molecule has 0 radical (unpaired) electrons. The minimum atomic E-state index is 0.417. The number of aromatic amines is 1. The number of halogens is 2. The number of aromatic nitrogens is 2. The highest BCUT2D eigenvalue weighted by molar-refractivity contribution is 9.10. The lowest BCUT2D eigenvalue weighted by Crippen LogP contribution is -2.15. The van der Waals surface area contributed by atoms with Gasteiger partial charge in [-0.3, -0.25) is 0 Å². The van der Waals surface area contributed by atoms with Gasteiger partial charge in [0.15, 0.2) is 11.5 Å². The quantitative estimate of drug-likeness (QED) is 0.328. The summed E-state index contributed by atoms with van der Waals surface area (Å²) in [5.41, 5.74) is 4.01. The standard InChI is InChI=1S/C23H21BrClN3O2/c1-29-21-11-10-18(24)17(23(21)30-14-15-6-8-16(25)9-7-15)12-26-13-22-27-19-4-2-3-5-20(19)28-22/h2-11,26H,12-14H2,1H3,(H,27,28). The smallest absolute Gasteiger partial charge is 0.167 e. The van der Waals surface area contributed by atoms with Crippen molar-refractivity contribution in [3.05, 3.63) is 87.1 Å². The number of hydrogen-bond donors (Lipinski definition) is 2. The lowest BCUT2D eigenvalue weighted by atomic mass is 10.1. The molecule has 0 aliphatic heterocycles. The number of ether oxygens (including phenoxy) is 2. The molecule has 154 valence electrons. The highest BCUT2D eigenvalue weighted by Crippen LogP contribution is 2.37. The number of H-pyrrole nitrogens is 1. The first kappa shape index (κ1) is 20.7. The van der Waals surface area contributed by atoms with Gasteiger partial charge in [-0.15, -0.1) is 0 Å². The first-order valence-electron chi connectivity index (χ1n) is 9.51. The van der Waals surface area contributed by atoms with Crippen LogP contribution in [-0.2, 0) is 19.7 Å². The van der Waals surface area contributed by atoms with Gasteiger partial charge in [0.1, 0.15) is 12.4 Å². The fourth-order valence-electron chi connectivity index (χ4n) is 3.20. The molecule has 0 unspecified atom stereocenters. The van der Waals surface area contributed by atoms with E-state index in [1.54, 1.807) is 7.11 Å². The van der Waals surface area contributed by atoms with E-state index in [1.165, 1.54) is 0 Å². The molecule has 4 aromatic rings. The third kappa shape index (κ3) is 4.78. The van der Waals surface area contributed by atoms with Crippen LogP contribution in [0.15, 0.2) is 65.1 Å². The molecule has 0 saturated carbocycles. The van der Waals surface area contributed by atoms with E-state index < -0.39 is 0 Å². The number of methoxy groups -OCH3 is 1. The van der Waals surface area contributed by atoms with E-state index >= 15 is 0 Å². The monoisotopic (exact) mass is 485 g/mol. The van der Waals surface area contributed by atoms with Gasteiger partial charge in [0, 0.05) is 21.6 Å². The Bertz CT molecular complexity index is 1110. The van der Waals surface area contributed by atoms with Gasteiger partial charge >= 0.3 is 0 Å². The summed E-state index contributed by atoms with van der Waals surface area (Å²) in [4.78, 5) is 7.94. The second-order valence-corrected chi connectivity index (χ2v) is 8.07. The summed E-state index contributed by atoms with van der Waals surface area (Å²) >= 11 is 9.62. The van der Waals surface area contributed by atoms with E-state index in [4.69, 9.17) is 21.1 Å². The number of fused-ring (bicyclic) bond motifs is 1. The fourth-order valence-corrected chi connectivity index (χ4v) is 3.78. The van der Waals surface area contributed by atoms with Gasteiger partial charge < -0.3 is 19.8 Å². The molecule has 0 atom stereocenters. The minimum absolute atomic E-state index is 0.417. The van der Waals surface area contributed by atoms with Crippen LogP contribution in [0.2, 0.25) is 5.02 Å². The van der Waals surface area contributed by atoms with Gasteiger partial charge in [0.05, 0.1) is 24.7 Å². The number of rotatable bonds is 8. The largest absolute Gasteiger partial charge is 0.493 e. The topological polar surface area (TPSA) is 59.2 Å². The highest BCUT2D eigenvalue weighted by Gasteiger charge is 2.15. The predicted octanol–water partition coefficient (Wildman–Crippen LogP) is 5.86. The molecule has 1 aromatic heterocycles. The Kier molecular flexibility index (Phi) is 6.57. The van der Waals surface area contributed by atoms with Gasteiger partial charge in [-0.1, -0.05) is 51.8 Å². The van der Waals surface area contributed by atoms with Crippen molar-refractivity contribution in [2.24, 2.45) is 0 Å². The van der Waals surface area contributed by atoms with Crippen LogP contribution in [-0.4, -0.2) is 17.1 Å². The second-order valence-electron chi connectivity index (χ2n) is 6.78. The first-order chi connectivity index (χ1) is 14.6. The number of para-hydroxylation sites is 2. The molecule has 0 bridgehead atoms. The maximum atomic E-state index is 6.16. The van der Waals surface area contributed by atoms with Crippen LogP contribution in [0.4, 0.5) is 0 Å². The highest BCUT2D eigenvalue weighted by atomic mass is 79.9. The van der Waals surface area contributed by atoms with E-state index in [9.17, 15) is 0 Å². The fraction of sp³-hybridized carbons (Fsp3) is 0.174. The third-order valence-corrected chi connectivity index (χ3v) is 5.71. The van der Waals surface area contributed by atoms with E-state index in [2.05, 4.69) is 31.2 Å². The van der Waals surface area contributed by atoms with E-state index in [-0.39, 0.29) is 0 Å². The average molecular weight is 487 g/mol. The summed E-state index contributed by atoms with van der Waals surface area (Å²) in [6.45, 7) is 1.61. The van der Waals surface area contributed by atoms with Gasteiger partial charge in [-0.2, -0.15) is 0 Å². The lowest BCUT2D eigenvalue weighted by molar-refractivity contribution is 0.280. The SMILES string of the molecule is COc1ccc(Br)c(CNCc2nc3ccccc3[nH]2)c1OCc1ccc(Cl)cc1. The molecule has 0 aliphatic carbocycles. The van der Waals surface area contributed by atoms with Crippen molar-refractivity contribution in [2.45, 2.75) is 19.7 Å². The molecule has 7 heteroatoms. The van der Waals surface area contributed by atoms with Crippen LogP contribution in [0.25, 0.3) is 11.0 Å². The summed E-state index contributed by atoms with van der Waals surface area (Å²) in [5.74, 6) is 2.28. The Hall–Kier alpha value is -2.54. The van der Waals surface area contributed by atoms with Crippen molar-refractivity contribution in [1.82, 2.24) is 15.3 Å². The summed E-state index contributed by atoms with van der Waals surface area (Å²) in [6.07, 6.45) is 0. The number of imidazole rings is 1. The maximum absolute atomic E-state index is 6.16. The minimum Gasteiger partial charge on any atom is -0.493 e. The zero-order valence-electron chi connectivity index (χ0n) is 16.4. The van der Waals surface area contributed by atoms with Crippen LogP contribution in [0.1, 0.15) is 17.0 Å². The van der Waals surface area contributed by atoms with Crippen molar-refractivity contribution < 1.29 is 9.47 Å². The van der Waals surface area contributed by atoms with Crippen LogP contribution in [0.5, 0.6) is 11.5 Å². The zero-order valence-corrected chi connectivity index (χ0v) is 18.8. The Morgan fingerprint density at radius 2 is 1.83 bits per heavy atom.